The van der Waals surface area contributed by atoms with Crippen LogP contribution in [0.2, 0.25) is 0 Å². The van der Waals surface area contributed by atoms with E-state index >= 15 is 0 Å². The number of amides is 1. The number of carbonyl (C=O) groups is 1. The number of para-hydroxylation sites is 1. The second kappa shape index (κ2) is 6.54. The van der Waals surface area contributed by atoms with E-state index in [4.69, 9.17) is 15.6 Å². The van der Waals surface area contributed by atoms with Crippen molar-refractivity contribution in [2.24, 2.45) is 5.73 Å². The van der Waals surface area contributed by atoms with E-state index in [1.165, 1.54) is 0 Å². The highest BCUT2D eigenvalue weighted by Crippen LogP contribution is 2.26. The van der Waals surface area contributed by atoms with Crippen LogP contribution >= 0.6 is 0 Å². The first-order valence-corrected chi connectivity index (χ1v) is 6.57. The summed E-state index contributed by atoms with van der Waals surface area (Å²) in [5, 5.41) is 8.98. The van der Waals surface area contributed by atoms with E-state index < -0.39 is 0 Å². The molecule has 0 radical (unpaired) electrons. The van der Waals surface area contributed by atoms with E-state index in [0.717, 1.165) is 18.4 Å². The second-order valence-electron chi connectivity index (χ2n) is 4.64. The van der Waals surface area contributed by atoms with Gasteiger partial charge in [-0.15, -0.1) is 0 Å². The van der Waals surface area contributed by atoms with Gasteiger partial charge in [0.25, 0.3) is 5.91 Å². The minimum absolute atomic E-state index is 0.00644. The van der Waals surface area contributed by atoms with Crippen LogP contribution in [0.5, 0.6) is 5.75 Å². The average molecular weight is 264 g/mol. The molecule has 1 aromatic rings. The van der Waals surface area contributed by atoms with Gasteiger partial charge in [-0.05, 0) is 18.9 Å². The van der Waals surface area contributed by atoms with Crippen molar-refractivity contribution in [2.75, 3.05) is 19.8 Å². The normalized spacial score (nSPS) is 14.2. The molecule has 0 heterocycles. The molecule has 1 saturated carbocycles. The van der Waals surface area contributed by atoms with Crippen molar-refractivity contribution in [1.29, 1.82) is 0 Å². The zero-order valence-electron chi connectivity index (χ0n) is 10.9. The van der Waals surface area contributed by atoms with Crippen LogP contribution in [0, 0.1) is 0 Å². The summed E-state index contributed by atoms with van der Waals surface area (Å²) in [6.07, 6.45) is 2.04. The Balaban J connectivity index is 1.91. The zero-order valence-corrected chi connectivity index (χ0v) is 10.9. The molecule has 0 unspecified atom stereocenters. The second-order valence-corrected chi connectivity index (χ2v) is 4.64. The maximum atomic E-state index is 12.0. The molecule has 0 aromatic heterocycles. The topological polar surface area (TPSA) is 75.8 Å². The molecular formula is C14H20N2O3. The van der Waals surface area contributed by atoms with E-state index in [1.807, 2.05) is 24.3 Å². The third-order valence-electron chi connectivity index (χ3n) is 3.19. The highest BCUT2D eigenvalue weighted by Gasteiger charge is 2.32. The average Bonchev–Trinajstić information content (AvgIpc) is 3.27. The molecule has 104 valence electrons. The number of benzene rings is 1. The lowest BCUT2D eigenvalue weighted by atomic mass is 10.2. The molecule has 1 aromatic carbocycles. The first kappa shape index (κ1) is 13.8. The van der Waals surface area contributed by atoms with Crippen LogP contribution in [0.1, 0.15) is 18.4 Å². The Morgan fingerprint density at radius 1 is 1.42 bits per heavy atom. The fourth-order valence-corrected chi connectivity index (χ4v) is 2.04. The number of nitrogens with zero attached hydrogens (tertiary/aromatic N) is 1. The van der Waals surface area contributed by atoms with Crippen LogP contribution in [-0.4, -0.2) is 41.7 Å². The summed E-state index contributed by atoms with van der Waals surface area (Å²) >= 11 is 0. The minimum Gasteiger partial charge on any atom is -0.483 e. The maximum Gasteiger partial charge on any atom is 0.260 e. The number of aliphatic hydroxyl groups excluding tert-OH is 1. The molecular weight excluding hydrogens is 244 g/mol. The number of carbonyl (C=O) groups excluding carboxylic acids is 1. The predicted molar refractivity (Wildman–Crippen MR) is 71.6 cm³/mol. The molecule has 0 atom stereocenters. The van der Waals surface area contributed by atoms with Gasteiger partial charge < -0.3 is 20.5 Å². The van der Waals surface area contributed by atoms with Crippen LogP contribution < -0.4 is 10.5 Å². The first-order valence-electron chi connectivity index (χ1n) is 6.57. The summed E-state index contributed by atoms with van der Waals surface area (Å²) in [7, 11) is 0. The van der Waals surface area contributed by atoms with Crippen molar-refractivity contribution >= 4 is 5.91 Å². The standard InChI is InChI=1S/C14H20N2O3/c15-9-11-3-1-2-4-13(11)19-10-14(18)16(7-8-17)12-5-6-12/h1-4,12,17H,5-10,15H2. The zero-order chi connectivity index (χ0) is 13.7. The SMILES string of the molecule is NCc1ccccc1OCC(=O)N(CCO)C1CC1. The molecule has 2 rings (SSSR count). The molecule has 5 heteroatoms. The lowest BCUT2D eigenvalue weighted by molar-refractivity contribution is -0.134. The van der Waals surface area contributed by atoms with E-state index in [1.54, 1.807) is 4.90 Å². The van der Waals surface area contributed by atoms with E-state index in [0.29, 0.717) is 18.8 Å². The summed E-state index contributed by atoms with van der Waals surface area (Å²) in [4.78, 5) is 13.7. The number of hydrogen-bond acceptors (Lipinski definition) is 4. The molecule has 1 amide bonds. The first-order chi connectivity index (χ1) is 9.26. The molecule has 0 aliphatic heterocycles. The molecule has 1 fully saturated rings. The van der Waals surface area contributed by atoms with Crippen molar-refractivity contribution in [3.05, 3.63) is 29.8 Å². The summed E-state index contributed by atoms with van der Waals surface area (Å²) in [5.41, 5.74) is 6.50. The van der Waals surface area contributed by atoms with E-state index in [9.17, 15) is 4.79 Å². The lowest BCUT2D eigenvalue weighted by Crippen LogP contribution is -2.38. The molecule has 0 bridgehead atoms. The van der Waals surface area contributed by atoms with Gasteiger partial charge in [-0.25, -0.2) is 0 Å². The quantitative estimate of drug-likeness (QED) is 0.752. The van der Waals surface area contributed by atoms with Crippen LogP contribution in [0.15, 0.2) is 24.3 Å². The summed E-state index contributed by atoms with van der Waals surface area (Å²) in [6, 6.07) is 7.72. The Morgan fingerprint density at radius 3 is 2.79 bits per heavy atom. The molecule has 3 N–H and O–H groups in total. The predicted octanol–water partition coefficient (Wildman–Crippen LogP) is 0.507. The van der Waals surface area contributed by atoms with Gasteiger partial charge in [0.1, 0.15) is 5.75 Å². The fourth-order valence-electron chi connectivity index (χ4n) is 2.04. The lowest BCUT2D eigenvalue weighted by Gasteiger charge is -2.21. The molecule has 0 saturated heterocycles. The minimum atomic E-state index is -0.0802. The van der Waals surface area contributed by atoms with Gasteiger partial charge in [-0.1, -0.05) is 18.2 Å². The fraction of sp³-hybridized carbons (Fsp3) is 0.500. The molecule has 0 spiro atoms. The van der Waals surface area contributed by atoms with Crippen molar-refractivity contribution in [2.45, 2.75) is 25.4 Å². The Labute approximate surface area is 113 Å². The van der Waals surface area contributed by atoms with Crippen molar-refractivity contribution in [1.82, 2.24) is 4.90 Å². The van der Waals surface area contributed by atoms with Crippen molar-refractivity contribution in [3.8, 4) is 5.75 Å². The van der Waals surface area contributed by atoms with E-state index in [-0.39, 0.29) is 25.2 Å². The van der Waals surface area contributed by atoms with Gasteiger partial charge in [-0.2, -0.15) is 0 Å². The van der Waals surface area contributed by atoms with Gasteiger partial charge in [0.05, 0.1) is 6.61 Å². The van der Waals surface area contributed by atoms with Gasteiger partial charge in [0, 0.05) is 24.7 Å². The Kier molecular flexibility index (Phi) is 4.76. The van der Waals surface area contributed by atoms with Crippen molar-refractivity contribution < 1.29 is 14.6 Å². The van der Waals surface area contributed by atoms with Crippen LogP contribution in [-0.2, 0) is 11.3 Å². The Morgan fingerprint density at radius 2 is 2.16 bits per heavy atom. The molecule has 5 nitrogen and oxygen atoms in total. The molecule has 19 heavy (non-hydrogen) atoms. The monoisotopic (exact) mass is 264 g/mol. The highest BCUT2D eigenvalue weighted by molar-refractivity contribution is 5.78. The summed E-state index contributed by atoms with van der Waals surface area (Å²) < 4.78 is 5.54. The van der Waals surface area contributed by atoms with Gasteiger partial charge in [0.15, 0.2) is 6.61 Å². The third kappa shape index (κ3) is 3.68. The van der Waals surface area contributed by atoms with Crippen molar-refractivity contribution in [3.63, 3.8) is 0 Å². The summed E-state index contributed by atoms with van der Waals surface area (Å²) in [5.74, 6) is 0.571. The van der Waals surface area contributed by atoms with E-state index in [2.05, 4.69) is 0 Å². The maximum absolute atomic E-state index is 12.0. The number of rotatable bonds is 7. The number of ether oxygens (including phenoxy) is 1. The van der Waals surface area contributed by atoms with Crippen LogP contribution in [0.3, 0.4) is 0 Å². The molecule has 1 aliphatic carbocycles. The highest BCUT2D eigenvalue weighted by atomic mass is 16.5. The van der Waals surface area contributed by atoms with Gasteiger partial charge in [0.2, 0.25) is 0 Å². The number of hydrogen-bond donors (Lipinski definition) is 2. The Hall–Kier alpha value is -1.59. The van der Waals surface area contributed by atoms with Crippen LogP contribution in [0.4, 0.5) is 0 Å². The van der Waals surface area contributed by atoms with Gasteiger partial charge in [-0.3, -0.25) is 4.79 Å². The van der Waals surface area contributed by atoms with Crippen LogP contribution in [0.25, 0.3) is 0 Å². The number of aliphatic hydroxyl groups is 1. The summed E-state index contributed by atoms with van der Waals surface area (Å²) in [6.45, 7) is 0.744. The molecule has 1 aliphatic rings. The van der Waals surface area contributed by atoms with Gasteiger partial charge >= 0.3 is 0 Å². The third-order valence-corrected chi connectivity index (χ3v) is 3.19. The number of nitrogens with two attached hydrogens (primary N) is 1. The smallest absolute Gasteiger partial charge is 0.260 e. The Bertz CT molecular complexity index is 432. The largest absolute Gasteiger partial charge is 0.483 e.